The van der Waals surface area contributed by atoms with Gasteiger partial charge in [0.05, 0.1) is 17.7 Å². The summed E-state index contributed by atoms with van der Waals surface area (Å²) in [5, 5.41) is 6.84. The lowest BCUT2D eigenvalue weighted by Crippen LogP contribution is -2.31. The predicted octanol–water partition coefficient (Wildman–Crippen LogP) is 5.96. The second-order valence-electron chi connectivity index (χ2n) is 7.11. The second kappa shape index (κ2) is 9.18. The van der Waals surface area contributed by atoms with Crippen LogP contribution in [-0.2, 0) is 4.79 Å². The lowest BCUT2D eigenvalue weighted by Gasteiger charge is -2.15. The molecule has 0 radical (unpaired) electrons. The first-order valence-corrected chi connectivity index (χ1v) is 11.9. The summed E-state index contributed by atoms with van der Waals surface area (Å²) in [4.78, 5) is 13.3. The quantitative estimate of drug-likeness (QED) is 0.296. The molecule has 2 aromatic carbocycles. The number of benzene rings is 2. The van der Waals surface area contributed by atoms with Crippen molar-refractivity contribution in [3.05, 3.63) is 79.0 Å². The van der Waals surface area contributed by atoms with Gasteiger partial charge in [-0.3, -0.25) is 4.79 Å². The molecule has 1 saturated heterocycles. The number of amides is 1. The number of nitrogens with one attached hydrogen (secondary N) is 2. The monoisotopic (exact) mass is 565 g/mol. The van der Waals surface area contributed by atoms with Gasteiger partial charge >= 0.3 is 0 Å². The number of rotatable bonds is 5. The van der Waals surface area contributed by atoms with Crippen molar-refractivity contribution in [1.82, 2.24) is 9.88 Å². The normalized spacial score (nSPS) is 17.1. The zero-order valence-corrected chi connectivity index (χ0v) is 20.9. The van der Waals surface area contributed by atoms with Crippen LogP contribution in [0.1, 0.15) is 17.0 Å². The Morgan fingerprint density at radius 2 is 1.94 bits per heavy atom. The highest BCUT2D eigenvalue weighted by atomic mass is 127. The maximum absolute atomic E-state index is 12.6. The SMILES string of the molecule is COc1ccc(Cl)cc1NC1NC(=O)/C(=C/c2cc(C)n(-c3ccc(I)cc3)c2C)S1. The fourth-order valence-corrected chi connectivity index (χ4v) is 5.06. The van der Waals surface area contributed by atoms with E-state index in [0.29, 0.717) is 15.7 Å². The molecule has 3 aromatic rings. The lowest BCUT2D eigenvalue weighted by molar-refractivity contribution is -0.116. The molecule has 1 unspecified atom stereocenters. The number of hydrogen-bond donors (Lipinski definition) is 2. The van der Waals surface area contributed by atoms with Gasteiger partial charge < -0.3 is 19.9 Å². The minimum atomic E-state index is -0.314. The number of nitrogens with zero attached hydrogens (tertiary/aromatic N) is 1. The van der Waals surface area contributed by atoms with Gasteiger partial charge in [0.1, 0.15) is 5.75 Å². The van der Waals surface area contributed by atoms with Gasteiger partial charge in [0, 0.05) is 25.7 Å². The minimum absolute atomic E-state index is 0.109. The van der Waals surface area contributed by atoms with Crippen LogP contribution in [0.2, 0.25) is 5.02 Å². The Balaban J connectivity index is 1.58. The number of thioether (sulfide) groups is 1. The van der Waals surface area contributed by atoms with Crippen molar-refractivity contribution in [2.75, 3.05) is 12.4 Å². The van der Waals surface area contributed by atoms with E-state index in [9.17, 15) is 4.79 Å². The van der Waals surface area contributed by atoms with E-state index < -0.39 is 0 Å². The van der Waals surface area contributed by atoms with Crippen molar-refractivity contribution in [1.29, 1.82) is 0 Å². The first kappa shape index (κ1) is 22.1. The zero-order valence-electron chi connectivity index (χ0n) is 17.2. The van der Waals surface area contributed by atoms with Crippen LogP contribution in [0, 0.1) is 17.4 Å². The molecular weight excluding hydrogens is 545 g/mol. The van der Waals surface area contributed by atoms with E-state index in [0.717, 1.165) is 28.3 Å². The maximum Gasteiger partial charge on any atom is 0.260 e. The number of methoxy groups -OCH3 is 1. The molecule has 1 aliphatic rings. The summed E-state index contributed by atoms with van der Waals surface area (Å²) in [6.45, 7) is 4.14. The number of aromatic nitrogens is 1. The van der Waals surface area contributed by atoms with E-state index in [1.54, 1.807) is 25.3 Å². The second-order valence-corrected chi connectivity index (χ2v) is 9.94. The van der Waals surface area contributed by atoms with E-state index >= 15 is 0 Å². The van der Waals surface area contributed by atoms with Crippen molar-refractivity contribution in [2.24, 2.45) is 0 Å². The van der Waals surface area contributed by atoms with Crippen LogP contribution in [-0.4, -0.2) is 23.1 Å². The Morgan fingerprint density at radius 3 is 2.65 bits per heavy atom. The maximum atomic E-state index is 12.6. The van der Waals surface area contributed by atoms with E-state index in [1.165, 1.54) is 15.3 Å². The topological polar surface area (TPSA) is 55.3 Å². The van der Waals surface area contributed by atoms with E-state index in [-0.39, 0.29) is 11.4 Å². The molecule has 160 valence electrons. The van der Waals surface area contributed by atoms with Crippen LogP contribution in [0.3, 0.4) is 0 Å². The van der Waals surface area contributed by atoms with Crippen LogP contribution in [0.5, 0.6) is 5.75 Å². The van der Waals surface area contributed by atoms with Crippen molar-refractivity contribution in [3.8, 4) is 11.4 Å². The van der Waals surface area contributed by atoms with Crippen LogP contribution < -0.4 is 15.4 Å². The third kappa shape index (κ3) is 4.73. The van der Waals surface area contributed by atoms with Gasteiger partial charge in [0.2, 0.25) is 0 Å². The third-order valence-electron chi connectivity index (χ3n) is 5.02. The summed E-state index contributed by atoms with van der Waals surface area (Å²) in [6.07, 6.45) is 1.95. The molecule has 0 bridgehead atoms. The Kier molecular flexibility index (Phi) is 6.55. The minimum Gasteiger partial charge on any atom is -0.495 e. The molecular formula is C23H21ClIN3O2S. The zero-order chi connectivity index (χ0) is 22.1. The number of aryl methyl sites for hydroxylation is 1. The first-order valence-electron chi connectivity index (χ1n) is 9.60. The van der Waals surface area contributed by atoms with Gasteiger partial charge in [-0.25, -0.2) is 0 Å². The Hall–Kier alpha value is -2.10. The molecule has 1 atom stereocenters. The molecule has 0 aliphatic carbocycles. The Bertz CT molecular complexity index is 1170. The molecule has 2 N–H and O–H groups in total. The summed E-state index contributed by atoms with van der Waals surface area (Å²) in [5.41, 5.74) is 4.75. The molecule has 8 heteroatoms. The highest BCUT2D eigenvalue weighted by Gasteiger charge is 2.28. The van der Waals surface area contributed by atoms with Gasteiger partial charge in [-0.15, -0.1) is 0 Å². The van der Waals surface area contributed by atoms with Crippen LogP contribution in [0.25, 0.3) is 11.8 Å². The standard InChI is InChI=1S/C23H21ClIN3O2S/c1-13-10-15(14(2)28(13)18-7-5-17(25)6-8-18)11-21-22(29)27-23(31-21)26-19-12-16(24)4-9-20(19)30-3/h4-12,23,26H,1-3H3,(H,27,29)/b21-11-. The summed E-state index contributed by atoms with van der Waals surface area (Å²) < 4.78 is 8.78. The lowest BCUT2D eigenvalue weighted by atomic mass is 10.2. The van der Waals surface area contributed by atoms with E-state index in [4.69, 9.17) is 16.3 Å². The molecule has 0 spiro atoms. The summed E-state index contributed by atoms with van der Waals surface area (Å²) in [6, 6.07) is 15.8. The molecule has 2 heterocycles. The van der Waals surface area contributed by atoms with Gasteiger partial charge in [0.15, 0.2) is 5.50 Å². The van der Waals surface area contributed by atoms with Crippen molar-refractivity contribution in [2.45, 2.75) is 19.3 Å². The highest BCUT2D eigenvalue weighted by Crippen LogP contribution is 2.35. The largest absolute Gasteiger partial charge is 0.495 e. The van der Waals surface area contributed by atoms with Crippen LogP contribution in [0.15, 0.2) is 53.4 Å². The number of ether oxygens (including phenoxy) is 1. The number of carbonyl (C=O) groups is 1. The van der Waals surface area contributed by atoms with Gasteiger partial charge in [-0.05, 0) is 96.6 Å². The molecule has 1 aliphatic heterocycles. The molecule has 1 amide bonds. The van der Waals surface area contributed by atoms with Gasteiger partial charge in [-0.1, -0.05) is 23.4 Å². The molecule has 1 fully saturated rings. The van der Waals surface area contributed by atoms with Crippen LogP contribution >= 0.6 is 46.0 Å². The van der Waals surface area contributed by atoms with E-state index in [1.807, 2.05) is 6.08 Å². The molecule has 0 saturated carbocycles. The highest BCUT2D eigenvalue weighted by molar-refractivity contribution is 14.1. The van der Waals surface area contributed by atoms with Crippen molar-refractivity contribution >= 4 is 63.6 Å². The molecule has 31 heavy (non-hydrogen) atoms. The predicted molar refractivity (Wildman–Crippen MR) is 137 cm³/mol. The smallest absolute Gasteiger partial charge is 0.260 e. The Labute approximate surface area is 204 Å². The third-order valence-corrected chi connectivity index (χ3v) is 7.00. The summed E-state index contributed by atoms with van der Waals surface area (Å²) >= 11 is 9.85. The van der Waals surface area contributed by atoms with Crippen molar-refractivity contribution in [3.63, 3.8) is 0 Å². The molecule has 1 aromatic heterocycles. The summed E-state index contributed by atoms with van der Waals surface area (Å²) in [5.74, 6) is 0.556. The molecule has 5 nitrogen and oxygen atoms in total. The fraction of sp³-hybridized carbons (Fsp3) is 0.174. The van der Waals surface area contributed by atoms with Crippen LogP contribution in [0.4, 0.5) is 5.69 Å². The number of hydrogen-bond acceptors (Lipinski definition) is 4. The van der Waals surface area contributed by atoms with Gasteiger partial charge in [0.25, 0.3) is 5.91 Å². The fourth-order valence-electron chi connectivity index (χ4n) is 3.56. The first-order chi connectivity index (χ1) is 14.9. The van der Waals surface area contributed by atoms with E-state index in [2.05, 4.69) is 82.0 Å². The summed E-state index contributed by atoms with van der Waals surface area (Å²) in [7, 11) is 1.60. The number of halogens is 2. The molecule has 4 rings (SSSR count). The average molecular weight is 566 g/mol. The average Bonchev–Trinajstić information content (AvgIpc) is 3.21. The number of carbonyl (C=O) groups excluding carboxylic acids is 1. The van der Waals surface area contributed by atoms with Gasteiger partial charge in [-0.2, -0.15) is 0 Å². The van der Waals surface area contributed by atoms with Crippen molar-refractivity contribution < 1.29 is 9.53 Å². The Morgan fingerprint density at radius 1 is 1.19 bits per heavy atom. The number of anilines is 1.